The van der Waals surface area contributed by atoms with E-state index >= 15 is 0 Å². The Morgan fingerprint density at radius 2 is 1.82 bits per heavy atom. The molecular weight excluding hydrogens is 282 g/mol. The molecule has 0 aromatic heterocycles. The largest absolute Gasteiger partial charge is 0.480 e. The van der Waals surface area contributed by atoms with Crippen LogP contribution in [0.15, 0.2) is 36.9 Å². The molecule has 2 N–H and O–H groups in total. The molecular formula is C17H23NO4. The average molecular weight is 305 g/mol. The lowest BCUT2D eigenvalue weighted by molar-refractivity contribution is -0.142. The molecule has 1 amide bonds. The van der Waals surface area contributed by atoms with Gasteiger partial charge in [0.05, 0.1) is 0 Å². The van der Waals surface area contributed by atoms with Gasteiger partial charge >= 0.3 is 12.1 Å². The quantitative estimate of drug-likeness (QED) is 0.792. The SMILES string of the molecule is C=CCc1ccc(COC(=O)N[C@H](C(=O)O)C(C)(C)C)cc1. The second kappa shape index (κ2) is 7.64. The number of carbonyl (C=O) groups is 2. The summed E-state index contributed by atoms with van der Waals surface area (Å²) in [7, 11) is 0. The summed E-state index contributed by atoms with van der Waals surface area (Å²) >= 11 is 0. The normalized spacial score (nSPS) is 12.3. The van der Waals surface area contributed by atoms with Gasteiger partial charge in [0, 0.05) is 0 Å². The minimum absolute atomic E-state index is 0.0939. The Bertz CT molecular complexity index is 529. The van der Waals surface area contributed by atoms with Crippen LogP contribution in [0, 0.1) is 5.41 Å². The Kier molecular flexibility index (Phi) is 6.16. The molecule has 0 bridgehead atoms. The minimum atomic E-state index is -1.08. The molecule has 0 spiro atoms. The monoisotopic (exact) mass is 305 g/mol. The van der Waals surface area contributed by atoms with E-state index in [0.29, 0.717) is 0 Å². The van der Waals surface area contributed by atoms with E-state index in [-0.39, 0.29) is 6.61 Å². The number of hydrogen-bond donors (Lipinski definition) is 2. The van der Waals surface area contributed by atoms with E-state index in [1.165, 1.54) is 0 Å². The van der Waals surface area contributed by atoms with Crippen molar-refractivity contribution in [3.05, 3.63) is 48.0 Å². The van der Waals surface area contributed by atoms with Crippen LogP contribution in [-0.2, 0) is 22.6 Å². The zero-order valence-corrected chi connectivity index (χ0v) is 13.3. The van der Waals surface area contributed by atoms with Crippen LogP contribution in [-0.4, -0.2) is 23.2 Å². The Morgan fingerprint density at radius 1 is 1.27 bits per heavy atom. The van der Waals surface area contributed by atoms with Crippen molar-refractivity contribution in [2.45, 2.75) is 39.8 Å². The first-order valence-electron chi connectivity index (χ1n) is 7.09. The molecule has 0 unspecified atom stereocenters. The summed E-state index contributed by atoms with van der Waals surface area (Å²) in [5, 5.41) is 11.5. The highest BCUT2D eigenvalue weighted by Crippen LogP contribution is 2.19. The number of hydrogen-bond acceptors (Lipinski definition) is 3. The first-order chi connectivity index (χ1) is 10.2. The molecule has 0 saturated carbocycles. The summed E-state index contributed by atoms with van der Waals surface area (Å²) in [5.41, 5.74) is 1.37. The predicted molar refractivity (Wildman–Crippen MR) is 84.5 cm³/mol. The van der Waals surface area contributed by atoms with Crippen molar-refractivity contribution in [2.24, 2.45) is 5.41 Å². The van der Waals surface area contributed by atoms with Gasteiger partial charge in [-0.05, 0) is 23.0 Å². The van der Waals surface area contributed by atoms with Gasteiger partial charge in [-0.2, -0.15) is 0 Å². The van der Waals surface area contributed by atoms with Crippen LogP contribution in [0.3, 0.4) is 0 Å². The molecule has 0 heterocycles. The number of aliphatic carboxylic acids is 1. The van der Waals surface area contributed by atoms with Gasteiger partial charge in [0.15, 0.2) is 0 Å². The molecule has 5 heteroatoms. The molecule has 0 radical (unpaired) electrons. The van der Waals surface area contributed by atoms with Gasteiger partial charge < -0.3 is 15.2 Å². The zero-order chi connectivity index (χ0) is 16.8. The molecule has 1 rings (SSSR count). The smallest absolute Gasteiger partial charge is 0.408 e. The topological polar surface area (TPSA) is 75.6 Å². The van der Waals surface area contributed by atoms with Gasteiger partial charge in [-0.1, -0.05) is 51.1 Å². The van der Waals surface area contributed by atoms with Crippen LogP contribution >= 0.6 is 0 Å². The summed E-state index contributed by atoms with van der Waals surface area (Å²) in [6, 6.07) is 6.60. The van der Waals surface area contributed by atoms with E-state index in [1.807, 2.05) is 30.3 Å². The summed E-state index contributed by atoms with van der Waals surface area (Å²) in [5.74, 6) is -1.08. The molecule has 1 aromatic carbocycles. The maximum Gasteiger partial charge on any atom is 0.408 e. The van der Waals surface area contributed by atoms with E-state index in [0.717, 1.165) is 17.5 Å². The summed E-state index contributed by atoms with van der Waals surface area (Å²) in [6.45, 7) is 8.99. The molecule has 0 aliphatic carbocycles. The third-order valence-corrected chi connectivity index (χ3v) is 3.15. The highest BCUT2D eigenvalue weighted by Gasteiger charge is 2.33. The number of allylic oxidation sites excluding steroid dienone is 1. The molecule has 0 aliphatic heterocycles. The van der Waals surface area contributed by atoms with Crippen LogP contribution in [0.25, 0.3) is 0 Å². The zero-order valence-electron chi connectivity index (χ0n) is 13.3. The first-order valence-corrected chi connectivity index (χ1v) is 7.09. The van der Waals surface area contributed by atoms with Crippen molar-refractivity contribution < 1.29 is 19.4 Å². The van der Waals surface area contributed by atoms with Gasteiger partial charge in [-0.25, -0.2) is 9.59 Å². The number of rotatable bonds is 6. The number of benzene rings is 1. The fourth-order valence-electron chi connectivity index (χ4n) is 1.90. The molecule has 1 atom stereocenters. The first kappa shape index (κ1) is 17.8. The van der Waals surface area contributed by atoms with Crippen molar-refractivity contribution in [3.8, 4) is 0 Å². The van der Waals surface area contributed by atoms with Crippen LogP contribution in [0.2, 0.25) is 0 Å². The van der Waals surface area contributed by atoms with Gasteiger partial charge in [0.25, 0.3) is 0 Å². The number of carboxylic acids is 1. The third kappa shape index (κ3) is 5.60. The molecule has 1 aromatic rings. The highest BCUT2D eigenvalue weighted by atomic mass is 16.5. The van der Waals surface area contributed by atoms with Gasteiger partial charge in [-0.15, -0.1) is 6.58 Å². The second-order valence-electron chi connectivity index (χ2n) is 6.17. The van der Waals surface area contributed by atoms with E-state index in [9.17, 15) is 9.59 Å². The lowest BCUT2D eigenvalue weighted by Gasteiger charge is -2.27. The van der Waals surface area contributed by atoms with Crippen molar-refractivity contribution in [1.29, 1.82) is 0 Å². The lowest BCUT2D eigenvalue weighted by Crippen LogP contribution is -2.49. The highest BCUT2D eigenvalue weighted by molar-refractivity contribution is 5.80. The van der Waals surface area contributed by atoms with Crippen molar-refractivity contribution in [2.75, 3.05) is 0 Å². The van der Waals surface area contributed by atoms with Crippen molar-refractivity contribution in [1.82, 2.24) is 5.32 Å². The standard InChI is InChI=1S/C17H23NO4/c1-5-6-12-7-9-13(10-8-12)11-22-16(21)18-14(15(19)20)17(2,3)4/h5,7-10,14H,1,6,11H2,2-4H3,(H,18,21)(H,19,20)/t14-/m1/s1. The van der Waals surface area contributed by atoms with E-state index in [1.54, 1.807) is 20.8 Å². The number of carboxylic acid groups (broad SMARTS) is 1. The number of ether oxygens (including phenoxy) is 1. The third-order valence-electron chi connectivity index (χ3n) is 3.15. The second-order valence-corrected chi connectivity index (χ2v) is 6.17. The Labute approximate surface area is 131 Å². The molecule has 22 heavy (non-hydrogen) atoms. The predicted octanol–water partition coefficient (Wildman–Crippen LogP) is 3.14. The lowest BCUT2D eigenvalue weighted by atomic mass is 9.87. The molecule has 120 valence electrons. The van der Waals surface area contributed by atoms with Crippen LogP contribution < -0.4 is 5.32 Å². The van der Waals surface area contributed by atoms with E-state index in [4.69, 9.17) is 9.84 Å². The average Bonchev–Trinajstić information content (AvgIpc) is 2.43. The summed E-state index contributed by atoms with van der Waals surface area (Å²) < 4.78 is 5.07. The fourth-order valence-corrected chi connectivity index (χ4v) is 1.90. The number of nitrogens with one attached hydrogen (secondary N) is 1. The number of amides is 1. The summed E-state index contributed by atoms with van der Waals surface area (Å²) in [4.78, 5) is 22.9. The van der Waals surface area contributed by atoms with Crippen LogP contribution in [0.5, 0.6) is 0 Å². The maximum absolute atomic E-state index is 11.7. The van der Waals surface area contributed by atoms with Crippen LogP contribution in [0.1, 0.15) is 31.9 Å². The van der Waals surface area contributed by atoms with Gasteiger partial charge in [-0.3, -0.25) is 0 Å². The van der Waals surface area contributed by atoms with E-state index in [2.05, 4.69) is 11.9 Å². The maximum atomic E-state index is 11.7. The molecule has 5 nitrogen and oxygen atoms in total. The van der Waals surface area contributed by atoms with Crippen LogP contribution in [0.4, 0.5) is 4.79 Å². The van der Waals surface area contributed by atoms with Crippen molar-refractivity contribution >= 4 is 12.1 Å². The van der Waals surface area contributed by atoms with Crippen molar-refractivity contribution in [3.63, 3.8) is 0 Å². The van der Waals surface area contributed by atoms with Gasteiger partial charge in [0.2, 0.25) is 0 Å². The minimum Gasteiger partial charge on any atom is -0.480 e. The van der Waals surface area contributed by atoms with E-state index < -0.39 is 23.5 Å². The number of alkyl carbamates (subject to hydrolysis) is 1. The summed E-state index contributed by atoms with van der Waals surface area (Å²) in [6.07, 6.45) is 1.86. The van der Waals surface area contributed by atoms with Gasteiger partial charge in [0.1, 0.15) is 12.6 Å². The Balaban J connectivity index is 2.55. The number of carbonyl (C=O) groups excluding carboxylic acids is 1. The molecule has 0 fully saturated rings. The Hall–Kier alpha value is -2.30. The Morgan fingerprint density at radius 3 is 2.27 bits per heavy atom. The fraction of sp³-hybridized carbons (Fsp3) is 0.412. The molecule has 0 aliphatic rings. The molecule has 0 saturated heterocycles.